The summed E-state index contributed by atoms with van der Waals surface area (Å²) in [5, 5.41) is 36.3. The Morgan fingerprint density at radius 3 is 2.10 bits per heavy atom. The molecule has 0 heterocycles. The molecule has 0 bridgehead atoms. The normalized spacial score (nSPS) is 12.0. The van der Waals surface area contributed by atoms with Crippen LogP contribution in [-0.2, 0) is 28.8 Å². The summed E-state index contributed by atoms with van der Waals surface area (Å²) in [6.07, 6.45) is 0.158. The number of esters is 1. The molecule has 1 atom stereocenters. The second-order valence-corrected chi connectivity index (χ2v) is 9.51. The first kappa shape index (κ1) is 36.8. The summed E-state index contributed by atoms with van der Waals surface area (Å²) in [5.74, 6) is -1.30. The molecule has 1 unspecified atom stereocenters. The maximum atomic E-state index is 12.9. The van der Waals surface area contributed by atoms with E-state index >= 15 is 0 Å². The summed E-state index contributed by atoms with van der Waals surface area (Å²) >= 11 is 0. The van der Waals surface area contributed by atoms with Crippen LogP contribution in [0.3, 0.4) is 0 Å². The summed E-state index contributed by atoms with van der Waals surface area (Å²) < 4.78 is 11.5. The zero-order valence-electron chi connectivity index (χ0n) is 24.4. The third-order valence-electron chi connectivity index (χ3n) is 5.66. The van der Waals surface area contributed by atoms with E-state index in [2.05, 4.69) is 15.0 Å². The molecular weight excluding hydrogens is 560 g/mol. The van der Waals surface area contributed by atoms with Gasteiger partial charge >= 0.3 is 5.97 Å². The fourth-order valence-electron chi connectivity index (χ4n) is 3.71. The third kappa shape index (κ3) is 15.1. The summed E-state index contributed by atoms with van der Waals surface area (Å²) in [7, 11) is 0. The lowest BCUT2D eigenvalue weighted by molar-refractivity contribution is -0.492. The SMILES string of the molecule is CCCC(=O)Nc1ccc(OCC(CN(C(=O)CCCON(O)O)C(C)C)OC(=O)CCCON(O)O)c(C(C)=O)c1. The van der Waals surface area contributed by atoms with Crippen molar-refractivity contribution in [3.8, 4) is 5.75 Å². The average Bonchev–Trinajstić information content (AvgIpc) is 2.90. The Bertz CT molecular complexity index is 1010. The van der Waals surface area contributed by atoms with Gasteiger partial charge in [0.05, 0.1) is 36.1 Å². The van der Waals surface area contributed by atoms with Gasteiger partial charge in [-0.15, -0.1) is 0 Å². The second-order valence-electron chi connectivity index (χ2n) is 9.51. The van der Waals surface area contributed by atoms with Crippen molar-refractivity contribution in [1.82, 2.24) is 15.7 Å². The molecule has 1 aromatic carbocycles. The highest BCUT2D eigenvalue weighted by Gasteiger charge is 2.25. The molecule has 42 heavy (non-hydrogen) atoms. The molecule has 16 nitrogen and oxygen atoms in total. The highest BCUT2D eigenvalue weighted by Crippen LogP contribution is 2.24. The maximum absolute atomic E-state index is 12.9. The van der Waals surface area contributed by atoms with Crippen molar-refractivity contribution in [3.05, 3.63) is 23.8 Å². The molecule has 0 fully saturated rings. The van der Waals surface area contributed by atoms with E-state index in [4.69, 9.17) is 30.3 Å². The van der Waals surface area contributed by atoms with Crippen molar-refractivity contribution < 1.29 is 59.2 Å². The van der Waals surface area contributed by atoms with Gasteiger partial charge in [-0.25, -0.2) is 0 Å². The minimum atomic E-state index is -0.970. The first-order valence-corrected chi connectivity index (χ1v) is 13.5. The third-order valence-corrected chi connectivity index (χ3v) is 5.66. The van der Waals surface area contributed by atoms with Gasteiger partial charge in [0.15, 0.2) is 11.9 Å². The second kappa shape index (κ2) is 19.8. The minimum absolute atomic E-state index is 0.00337. The Morgan fingerprint density at radius 1 is 0.929 bits per heavy atom. The molecule has 238 valence electrons. The largest absolute Gasteiger partial charge is 0.489 e. The summed E-state index contributed by atoms with van der Waals surface area (Å²) in [5.41, 5.74) is 0.620. The Labute approximate surface area is 244 Å². The smallest absolute Gasteiger partial charge is 0.306 e. The number of anilines is 1. The van der Waals surface area contributed by atoms with Gasteiger partial charge in [0.2, 0.25) is 11.8 Å². The molecule has 16 heteroatoms. The Kier molecular flexibility index (Phi) is 17.4. The zero-order chi connectivity index (χ0) is 31.7. The molecule has 0 saturated heterocycles. The van der Waals surface area contributed by atoms with Crippen molar-refractivity contribution in [2.24, 2.45) is 0 Å². The minimum Gasteiger partial charge on any atom is -0.489 e. The number of benzene rings is 1. The van der Waals surface area contributed by atoms with E-state index < -0.39 is 22.9 Å². The first-order valence-electron chi connectivity index (χ1n) is 13.5. The number of Topliss-reactive ketones (excluding diaryl/α,β-unsaturated/α-hetero) is 1. The average molecular weight is 603 g/mol. The number of carbonyl (C=O) groups excluding carboxylic acids is 4. The van der Waals surface area contributed by atoms with Crippen LogP contribution in [0.5, 0.6) is 5.75 Å². The Hall–Kier alpha value is -3.22. The first-order chi connectivity index (χ1) is 19.8. The van der Waals surface area contributed by atoms with Crippen LogP contribution in [0.2, 0.25) is 0 Å². The van der Waals surface area contributed by atoms with Crippen molar-refractivity contribution in [2.75, 3.05) is 31.7 Å². The zero-order valence-corrected chi connectivity index (χ0v) is 24.4. The van der Waals surface area contributed by atoms with E-state index in [1.165, 1.54) is 24.0 Å². The predicted octanol–water partition coefficient (Wildman–Crippen LogP) is 2.74. The molecule has 1 aromatic rings. The van der Waals surface area contributed by atoms with Crippen LogP contribution in [0.4, 0.5) is 5.69 Å². The molecule has 1 rings (SSSR count). The fraction of sp³-hybridized carbons (Fsp3) is 0.615. The van der Waals surface area contributed by atoms with Gasteiger partial charge < -0.3 is 19.7 Å². The Balaban J connectivity index is 3.05. The van der Waals surface area contributed by atoms with E-state index in [1.54, 1.807) is 19.9 Å². The molecule has 0 aliphatic carbocycles. The highest BCUT2D eigenvalue weighted by atomic mass is 17.1. The van der Waals surface area contributed by atoms with Crippen molar-refractivity contribution >= 4 is 29.3 Å². The van der Waals surface area contributed by atoms with Crippen LogP contribution in [0.15, 0.2) is 18.2 Å². The van der Waals surface area contributed by atoms with Gasteiger partial charge in [-0.2, -0.15) is 0 Å². The lowest BCUT2D eigenvalue weighted by Gasteiger charge is -2.31. The predicted molar refractivity (Wildman–Crippen MR) is 143 cm³/mol. The van der Waals surface area contributed by atoms with Crippen molar-refractivity contribution in [3.63, 3.8) is 0 Å². The van der Waals surface area contributed by atoms with Gasteiger partial charge in [-0.1, -0.05) is 6.92 Å². The standard InChI is InChI=1S/C26H42N4O12/c1-5-8-24(32)27-20-11-12-23(22(15-20)19(4)31)39-17-21(42-26(34)10-7-14-41-30(37)38)16-28(18(2)3)25(33)9-6-13-40-29(35)36/h11-12,15,18,21,35-38H,5-10,13-14,16-17H2,1-4H3,(H,27,32). The number of nitrogens with one attached hydrogen (secondary N) is 1. The lowest BCUT2D eigenvalue weighted by atomic mass is 10.1. The summed E-state index contributed by atoms with van der Waals surface area (Å²) in [4.78, 5) is 60.2. The number of amides is 2. The summed E-state index contributed by atoms with van der Waals surface area (Å²) in [6, 6.07) is 4.28. The van der Waals surface area contributed by atoms with E-state index in [-0.39, 0.29) is 87.0 Å². The van der Waals surface area contributed by atoms with Gasteiger partial charge in [-0.3, -0.25) is 49.7 Å². The number of hydrogen-bond donors (Lipinski definition) is 5. The van der Waals surface area contributed by atoms with Gasteiger partial charge in [0.25, 0.3) is 0 Å². The fourth-order valence-corrected chi connectivity index (χ4v) is 3.71. The number of carbonyl (C=O) groups is 4. The van der Waals surface area contributed by atoms with Crippen LogP contribution < -0.4 is 10.1 Å². The van der Waals surface area contributed by atoms with E-state index in [0.717, 1.165) is 0 Å². The van der Waals surface area contributed by atoms with Crippen LogP contribution >= 0.6 is 0 Å². The number of ketones is 1. The molecule has 0 aliphatic rings. The highest BCUT2D eigenvalue weighted by molar-refractivity contribution is 5.99. The summed E-state index contributed by atoms with van der Waals surface area (Å²) in [6.45, 7) is 6.15. The lowest BCUT2D eigenvalue weighted by Crippen LogP contribution is -2.45. The maximum Gasteiger partial charge on any atom is 0.306 e. The van der Waals surface area contributed by atoms with Crippen LogP contribution in [0, 0.1) is 0 Å². The number of nitrogens with zero attached hydrogens (tertiary/aromatic N) is 3. The van der Waals surface area contributed by atoms with Gasteiger partial charge in [0, 0.05) is 31.0 Å². The molecule has 0 radical (unpaired) electrons. The molecule has 0 aliphatic heterocycles. The van der Waals surface area contributed by atoms with Gasteiger partial charge in [0.1, 0.15) is 12.4 Å². The molecule has 0 saturated carbocycles. The molecule has 0 spiro atoms. The van der Waals surface area contributed by atoms with Crippen LogP contribution in [0.1, 0.15) is 76.6 Å². The quantitative estimate of drug-likeness (QED) is 0.0593. The number of ether oxygens (including phenoxy) is 2. The molecule has 5 N–H and O–H groups in total. The number of rotatable bonds is 21. The van der Waals surface area contributed by atoms with Gasteiger partial charge in [-0.05, 0) is 58.2 Å². The van der Waals surface area contributed by atoms with Crippen LogP contribution in [-0.4, -0.2) is 98.6 Å². The van der Waals surface area contributed by atoms with E-state index in [0.29, 0.717) is 18.5 Å². The van der Waals surface area contributed by atoms with Crippen LogP contribution in [0.25, 0.3) is 0 Å². The molecule has 0 aromatic heterocycles. The number of hydrogen-bond acceptors (Lipinski definition) is 14. The molecular formula is C26H42N4O12. The molecule has 2 amide bonds. The topological polar surface area (TPSA) is 208 Å². The van der Waals surface area contributed by atoms with Crippen molar-refractivity contribution in [1.29, 1.82) is 0 Å². The van der Waals surface area contributed by atoms with E-state index in [9.17, 15) is 19.2 Å². The Morgan fingerprint density at radius 2 is 1.55 bits per heavy atom. The van der Waals surface area contributed by atoms with Crippen molar-refractivity contribution in [2.45, 2.75) is 78.4 Å². The van der Waals surface area contributed by atoms with E-state index in [1.807, 2.05) is 6.92 Å². The monoisotopic (exact) mass is 602 g/mol.